The Morgan fingerprint density at radius 3 is 2.24 bits per heavy atom. The van der Waals surface area contributed by atoms with Crippen LogP contribution in [0.2, 0.25) is 10.0 Å². The van der Waals surface area contributed by atoms with E-state index in [2.05, 4.69) is 5.32 Å². The van der Waals surface area contributed by atoms with E-state index in [1.165, 1.54) is 44.9 Å². The molecule has 3 rings (SSSR count). The van der Waals surface area contributed by atoms with Crippen LogP contribution in [0.15, 0.2) is 36.4 Å². The van der Waals surface area contributed by atoms with Gasteiger partial charge in [-0.25, -0.2) is 0 Å². The third-order valence-corrected chi connectivity index (χ3v) is 5.82. The van der Waals surface area contributed by atoms with Crippen molar-refractivity contribution in [2.75, 3.05) is 7.11 Å². The number of benzene rings is 2. The molecule has 0 aliphatic heterocycles. The molecule has 1 N–H and O–H groups in total. The second-order valence-corrected chi connectivity index (χ2v) is 8.29. The molecule has 1 aliphatic carbocycles. The Balaban J connectivity index is 0.00000300. The van der Waals surface area contributed by atoms with Gasteiger partial charge in [-0.05, 0) is 48.2 Å². The SMILES string of the molecule is COc1cc(CNC2CCCCCCC2)cc(Cl)c1OCc1ccc(Cl)cc1.Cl. The lowest BCUT2D eigenvalue weighted by Gasteiger charge is -2.21. The zero-order valence-electron chi connectivity index (χ0n) is 16.9. The summed E-state index contributed by atoms with van der Waals surface area (Å²) >= 11 is 12.5. The molecule has 3 nitrogen and oxygen atoms in total. The lowest BCUT2D eigenvalue weighted by atomic mass is 9.96. The normalized spacial score (nSPS) is 15.1. The molecule has 0 bridgehead atoms. The molecule has 1 fully saturated rings. The highest BCUT2D eigenvalue weighted by molar-refractivity contribution is 6.32. The second-order valence-electron chi connectivity index (χ2n) is 7.45. The maximum Gasteiger partial charge on any atom is 0.180 e. The van der Waals surface area contributed by atoms with Crippen molar-refractivity contribution < 1.29 is 9.47 Å². The van der Waals surface area contributed by atoms with E-state index in [0.717, 1.165) is 17.7 Å². The van der Waals surface area contributed by atoms with Crippen molar-refractivity contribution in [3.63, 3.8) is 0 Å². The Bertz CT molecular complexity index is 745. The molecule has 0 spiro atoms. The van der Waals surface area contributed by atoms with Gasteiger partial charge >= 0.3 is 0 Å². The summed E-state index contributed by atoms with van der Waals surface area (Å²) in [6, 6.07) is 12.2. The number of ether oxygens (including phenoxy) is 2. The molecular formula is C23H30Cl3NO2. The van der Waals surface area contributed by atoms with Crippen LogP contribution >= 0.6 is 35.6 Å². The van der Waals surface area contributed by atoms with Gasteiger partial charge in [-0.1, -0.05) is 67.4 Å². The van der Waals surface area contributed by atoms with Gasteiger partial charge in [-0.3, -0.25) is 0 Å². The van der Waals surface area contributed by atoms with Crippen LogP contribution in [0.3, 0.4) is 0 Å². The van der Waals surface area contributed by atoms with E-state index >= 15 is 0 Å². The number of hydrogen-bond acceptors (Lipinski definition) is 3. The monoisotopic (exact) mass is 457 g/mol. The smallest absolute Gasteiger partial charge is 0.180 e. The minimum absolute atomic E-state index is 0. The summed E-state index contributed by atoms with van der Waals surface area (Å²) in [5.41, 5.74) is 2.14. The third-order valence-electron chi connectivity index (χ3n) is 5.29. The molecule has 2 aromatic rings. The maximum atomic E-state index is 6.52. The van der Waals surface area contributed by atoms with Crippen LogP contribution in [-0.2, 0) is 13.2 Å². The molecule has 0 amide bonds. The fourth-order valence-corrected chi connectivity index (χ4v) is 4.09. The molecule has 0 atom stereocenters. The molecule has 0 radical (unpaired) electrons. The predicted octanol–water partition coefficient (Wildman–Crippen LogP) is 7.21. The Morgan fingerprint density at radius 1 is 0.931 bits per heavy atom. The molecule has 0 aromatic heterocycles. The summed E-state index contributed by atoms with van der Waals surface area (Å²) < 4.78 is 11.5. The first kappa shape index (κ1) is 24.1. The van der Waals surface area contributed by atoms with Crippen molar-refractivity contribution in [1.29, 1.82) is 0 Å². The van der Waals surface area contributed by atoms with Gasteiger partial charge in [0.1, 0.15) is 6.61 Å². The van der Waals surface area contributed by atoms with E-state index in [0.29, 0.717) is 34.2 Å². The molecule has 0 heterocycles. The van der Waals surface area contributed by atoms with E-state index in [1.54, 1.807) is 7.11 Å². The molecule has 29 heavy (non-hydrogen) atoms. The lowest BCUT2D eigenvalue weighted by Crippen LogP contribution is -2.29. The number of methoxy groups -OCH3 is 1. The summed E-state index contributed by atoms with van der Waals surface area (Å²) in [6.45, 7) is 1.20. The first-order valence-corrected chi connectivity index (χ1v) is 10.9. The van der Waals surface area contributed by atoms with Gasteiger partial charge in [-0.15, -0.1) is 12.4 Å². The summed E-state index contributed by atoms with van der Waals surface area (Å²) in [5.74, 6) is 1.24. The largest absolute Gasteiger partial charge is 0.493 e. The Morgan fingerprint density at radius 2 is 1.59 bits per heavy atom. The fourth-order valence-electron chi connectivity index (χ4n) is 3.67. The van der Waals surface area contributed by atoms with E-state index < -0.39 is 0 Å². The highest BCUT2D eigenvalue weighted by Gasteiger charge is 2.15. The van der Waals surface area contributed by atoms with Gasteiger partial charge < -0.3 is 14.8 Å². The molecular weight excluding hydrogens is 429 g/mol. The van der Waals surface area contributed by atoms with Gasteiger partial charge in [0.25, 0.3) is 0 Å². The van der Waals surface area contributed by atoms with Crippen LogP contribution in [0.1, 0.15) is 56.1 Å². The van der Waals surface area contributed by atoms with Gasteiger partial charge in [0.15, 0.2) is 11.5 Å². The van der Waals surface area contributed by atoms with Crippen molar-refractivity contribution in [3.05, 3.63) is 57.6 Å². The number of halogens is 3. The van der Waals surface area contributed by atoms with Crippen molar-refractivity contribution in [1.82, 2.24) is 5.32 Å². The van der Waals surface area contributed by atoms with Gasteiger partial charge in [-0.2, -0.15) is 0 Å². The van der Waals surface area contributed by atoms with E-state index in [1.807, 2.05) is 36.4 Å². The Labute approximate surface area is 190 Å². The van der Waals surface area contributed by atoms with Crippen molar-refractivity contribution in [2.24, 2.45) is 0 Å². The number of hydrogen-bond donors (Lipinski definition) is 1. The van der Waals surface area contributed by atoms with Crippen LogP contribution in [0.25, 0.3) is 0 Å². The Kier molecular flexibility index (Phi) is 10.4. The van der Waals surface area contributed by atoms with Crippen molar-refractivity contribution in [2.45, 2.75) is 64.1 Å². The van der Waals surface area contributed by atoms with Gasteiger partial charge in [0.2, 0.25) is 0 Å². The average Bonchev–Trinajstić information content (AvgIpc) is 2.67. The zero-order chi connectivity index (χ0) is 19.8. The first-order valence-electron chi connectivity index (χ1n) is 10.1. The molecule has 0 saturated heterocycles. The molecule has 1 saturated carbocycles. The van der Waals surface area contributed by atoms with Crippen LogP contribution in [0.4, 0.5) is 0 Å². The third kappa shape index (κ3) is 7.57. The Hall–Kier alpha value is -1.13. The summed E-state index contributed by atoms with van der Waals surface area (Å²) in [6.07, 6.45) is 9.25. The second kappa shape index (κ2) is 12.5. The topological polar surface area (TPSA) is 30.5 Å². The van der Waals surface area contributed by atoms with Crippen LogP contribution in [-0.4, -0.2) is 13.2 Å². The molecule has 160 valence electrons. The van der Waals surface area contributed by atoms with Crippen LogP contribution in [0.5, 0.6) is 11.5 Å². The first-order chi connectivity index (χ1) is 13.7. The summed E-state index contributed by atoms with van der Waals surface area (Å²) in [7, 11) is 1.65. The lowest BCUT2D eigenvalue weighted by molar-refractivity contribution is 0.284. The molecule has 6 heteroatoms. The fraction of sp³-hybridized carbons (Fsp3) is 0.478. The van der Waals surface area contributed by atoms with E-state index in [4.69, 9.17) is 32.7 Å². The predicted molar refractivity (Wildman–Crippen MR) is 124 cm³/mol. The molecule has 0 unspecified atom stereocenters. The molecule has 1 aliphatic rings. The van der Waals surface area contributed by atoms with Crippen molar-refractivity contribution in [3.8, 4) is 11.5 Å². The summed E-state index contributed by atoms with van der Waals surface area (Å²) in [5, 5.41) is 4.98. The molecule has 2 aromatic carbocycles. The highest BCUT2D eigenvalue weighted by Crippen LogP contribution is 2.37. The van der Waals surface area contributed by atoms with Crippen LogP contribution in [0, 0.1) is 0 Å². The van der Waals surface area contributed by atoms with Crippen molar-refractivity contribution >= 4 is 35.6 Å². The van der Waals surface area contributed by atoms with E-state index in [9.17, 15) is 0 Å². The standard InChI is InChI=1S/C23H29Cl2NO2.ClH/c1-27-22-14-18(15-26-20-7-5-3-2-4-6-8-20)13-21(25)23(22)28-16-17-9-11-19(24)12-10-17;/h9-14,20,26H,2-8,15-16H2,1H3;1H. The number of nitrogens with one attached hydrogen (secondary N) is 1. The van der Waals surface area contributed by atoms with Gasteiger partial charge in [0, 0.05) is 17.6 Å². The quantitative estimate of drug-likeness (QED) is 0.475. The van der Waals surface area contributed by atoms with Gasteiger partial charge in [0.05, 0.1) is 12.1 Å². The highest BCUT2D eigenvalue weighted by atomic mass is 35.5. The van der Waals surface area contributed by atoms with E-state index in [-0.39, 0.29) is 12.4 Å². The zero-order valence-corrected chi connectivity index (χ0v) is 19.2. The number of rotatable bonds is 7. The maximum absolute atomic E-state index is 6.52. The average molecular weight is 459 g/mol. The summed E-state index contributed by atoms with van der Waals surface area (Å²) in [4.78, 5) is 0. The minimum atomic E-state index is 0. The minimum Gasteiger partial charge on any atom is -0.493 e. The van der Waals surface area contributed by atoms with Crippen LogP contribution < -0.4 is 14.8 Å².